The lowest BCUT2D eigenvalue weighted by atomic mass is 10.1. The Hall–Kier alpha value is -1.57. The molecule has 0 amide bonds. The first-order chi connectivity index (χ1) is 13.7. The lowest BCUT2D eigenvalue weighted by molar-refractivity contribution is 0.334. The van der Waals surface area contributed by atoms with Crippen molar-refractivity contribution in [1.29, 1.82) is 0 Å². The van der Waals surface area contributed by atoms with Crippen molar-refractivity contribution in [2.24, 2.45) is 0 Å². The van der Waals surface area contributed by atoms with Crippen LogP contribution in [0.1, 0.15) is 56.6 Å². The number of unbranched alkanes of at least 4 members (excludes halogenated alkanes) is 5. The average Bonchev–Trinajstić information content (AvgIpc) is 2.74. The van der Waals surface area contributed by atoms with E-state index in [4.69, 9.17) is 14.0 Å². The number of benzene rings is 2. The van der Waals surface area contributed by atoms with E-state index in [-0.39, 0.29) is 0 Å². The third-order valence-electron chi connectivity index (χ3n) is 4.81. The van der Waals surface area contributed by atoms with E-state index in [2.05, 4.69) is 31.2 Å². The highest BCUT2D eigenvalue weighted by molar-refractivity contribution is 7.50. The van der Waals surface area contributed by atoms with Crippen molar-refractivity contribution >= 4 is 8.15 Å². The molecular formula is C24H35O3P. The Morgan fingerprint density at radius 3 is 1.57 bits per heavy atom. The van der Waals surface area contributed by atoms with Crippen LogP contribution in [-0.4, -0.2) is 20.8 Å². The summed E-state index contributed by atoms with van der Waals surface area (Å²) in [5, 5.41) is 0. The van der Waals surface area contributed by atoms with E-state index in [1.165, 1.54) is 43.2 Å². The van der Waals surface area contributed by atoms with Gasteiger partial charge in [-0.3, -0.25) is 0 Å². The van der Waals surface area contributed by atoms with Gasteiger partial charge in [0.25, 0.3) is 0 Å². The van der Waals surface area contributed by atoms with Gasteiger partial charge in [-0.2, -0.15) is 0 Å². The van der Waals surface area contributed by atoms with Gasteiger partial charge in [-0.1, -0.05) is 63.3 Å². The highest BCUT2D eigenvalue weighted by Crippen LogP contribution is 2.45. The first kappa shape index (κ1) is 22.7. The minimum Gasteiger partial charge on any atom is -0.497 e. The summed E-state index contributed by atoms with van der Waals surface area (Å²) in [5.74, 6) is 1.80. The van der Waals surface area contributed by atoms with Gasteiger partial charge in [0.2, 0.25) is 0 Å². The first-order valence-corrected chi connectivity index (χ1v) is 12.0. The van der Waals surface area contributed by atoms with Crippen LogP contribution in [0.15, 0.2) is 48.5 Å². The normalized spacial score (nSPS) is 11.0. The van der Waals surface area contributed by atoms with Crippen LogP contribution in [-0.2, 0) is 16.8 Å². The predicted octanol–water partition coefficient (Wildman–Crippen LogP) is 7.18. The predicted molar refractivity (Wildman–Crippen MR) is 120 cm³/mol. The van der Waals surface area contributed by atoms with Gasteiger partial charge in [-0.25, -0.2) is 0 Å². The summed E-state index contributed by atoms with van der Waals surface area (Å²) >= 11 is 0. The molecular weight excluding hydrogens is 367 g/mol. The molecule has 0 heterocycles. The Labute approximate surface area is 172 Å². The van der Waals surface area contributed by atoms with E-state index in [1.807, 2.05) is 24.3 Å². The maximum atomic E-state index is 6.37. The van der Waals surface area contributed by atoms with Gasteiger partial charge in [0.1, 0.15) is 11.5 Å². The molecule has 0 unspecified atom stereocenters. The first-order valence-electron chi connectivity index (χ1n) is 10.4. The van der Waals surface area contributed by atoms with Gasteiger partial charge >= 0.3 is 0 Å². The minimum atomic E-state index is -0.550. The fourth-order valence-corrected chi connectivity index (χ4v) is 5.01. The van der Waals surface area contributed by atoms with Crippen molar-refractivity contribution in [3.05, 3.63) is 59.7 Å². The van der Waals surface area contributed by atoms with Crippen molar-refractivity contribution in [2.75, 3.05) is 20.8 Å². The summed E-state index contributed by atoms with van der Waals surface area (Å²) in [4.78, 5) is 0. The second-order valence-corrected chi connectivity index (χ2v) is 8.95. The summed E-state index contributed by atoms with van der Waals surface area (Å²) in [6.45, 7) is 3.12. The van der Waals surface area contributed by atoms with Crippen LogP contribution >= 0.6 is 8.15 Å². The molecule has 28 heavy (non-hydrogen) atoms. The van der Waals surface area contributed by atoms with Crippen molar-refractivity contribution in [3.8, 4) is 11.5 Å². The molecule has 0 aliphatic rings. The molecule has 0 saturated carbocycles. The zero-order valence-electron chi connectivity index (χ0n) is 17.7. The SMILES string of the molecule is CCCCCCCCOP(Cc1ccc(OC)cc1)Cc1ccc(OC)cc1. The molecule has 0 atom stereocenters. The van der Waals surface area contributed by atoms with Gasteiger partial charge in [-0.15, -0.1) is 0 Å². The number of ether oxygens (including phenoxy) is 2. The smallest absolute Gasteiger partial charge is 0.118 e. The number of hydrogen-bond acceptors (Lipinski definition) is 3. The Kier molecular flexibility index (Phi) is 11.0. The van der Waals surface area contributed by atoms with Crippen molar-refractivity contribution < 1.29 is 14.0 Å². The van der Waals surface area contributed by atoms with Crippen LogP contribution < -0.4 is 9.47 Å². The largest absolute Gasteiger partial charge is 0.497 e. The summed E-state index contributed by atoms with van der Waals surface area (Å²) < 4.78 is 16.9. The highest BCUT2D eigenvalue weighted by Gasteiger charge is 2.12. The van der Waals surface area contributed by atoms with Crippen LogP contribution in [0, 0.1) is 0 Å². The average molecular weight is 403 g/mol. The Morgan fingerprint density at radius 1 is 0.643 bits per heavy atom. The minimum absolute atomic E-state index is 0.550. The Balaban J connectivity index is 1.89. The van der Waals surface area contributed by atoms with Gasteiger partial charge < -0.3 is 14.0 Å². The second-order valence-electron chi connectivity index (χ2n) is 7.10. The number of methoxy groups -OCH3 is 2. The molecule has 2 rings (SSSR count). The van der Waals surface area contributed by atoms with Gasteiger partial charge in [0.15, 0.2) is 0 Å². The molecule has 154 valence electrons. The van der Waals surface area contributed by atoms with Crippen molar-refractivity contribution in [1.82, 2.24) is 0 Å². The molecule has 0 radical (unpaired) electrons. The second kappa shape index (κ2) is 13.6. The Bertz CT molecular complexity index is 590. The monoisotopic (exact) mass is 402 g/mol. The zero-order valence-corrected chi connectivity index (χ0v) is 18.5. The third kappa shape index (κ3) is 8.63. The van der Waals surface area contributed by atoms with Gasteiger partial charge in [0, 0.05) is 20.5 Å². The van der Waals surface area contributed by atoms with E-state index in [9.17, 15) is 0 Å². The number of rotatable bonds is 14. The zero-order chi connectivity index (χ0) is 20.0. The quantitative estimate of drug-likeness (QED) is 0.247. The van der Waals surface area contributed by atoms with Crippen LogP contribution in [0.2, 0.25) is 0 Å². The van der Waals surface area contributed by atoms with E-state index >= 15 is 0 Å². The third-order valence-corrected chi connectivity index (χ3v) is 6.79. The topological polar surface area (TPSA) is 27.7 Å². The Morgan fingerprint density at radius 2 is 1.11 bits per heavy atom. The lowest BCUT2D eigenvalue weighted by Gasteiger charge is -2.19. The van der Waals surface area contributed by atoms with E-state index in [0.717, 1.165) is 36.9 Å². The van der Waals surface area contributed by atoms with E-state index < -0.39 is 8.15 Å². The maximum absolute atomic E-state index is 6.37. The molecule has 0 aliphatic carbocycles. The fraction of sp³-hybridized carbons (Fsp3) is 0.500. The van der Waals surface area contributed by atoms with E-state index in [1.54, 1.807) is 14.2 Å². The molecule has 0 aliphatic heterocycles. The van der Waals surface area contributed by atoms with Crippen LogP contribution in [0.5, 0.6) is 11.5 Å². The summed E-state index contributed by atoms with van der Waals surface area (Å²) in [5.41, 5.74) is 2.62. The van der Waals surface area contributed by atoms with Crippen LogP contribution in [0.4, 0.5) is 0 Å². The van der Waals surface area contributed by atoms with Gasteiger partial charge in [0.05, 0.1) is 20.8 Å². The standard InChI is InChI=1S/C24H35O3P/c1-4-5-6-7-8-9-18-27-28(19-21-10-14-23(25-2)15-11-21)20-22-12-16-24(26-3)17-13-22/h10-17H,4-9,18-20H2,1-3H3. The van der Waals surface area contributed by atoms with Crippen LogP contribution in [0.25, 0.3) is 0 Å². The van der Waals surface area contributed by atoms with Crippen molar-refractivity contribution in [2.45, 2.75) is 57.8 Å². The fourth-order valence-electron chi connectivity index (χ4n) is 3.09. The molecule has 0 fully saturated rings. The van der Waals surface area contributed by atoms with Crippen molar-refractivity contribution in [3.63, 3.8) is 0 Å². The van der Waals surface area contributed by atoms with E-state index in [0.29, 0.717) is 0 Å². The molecule has 2 aromatic rings. The molecule has 2 aromatic carbocycles. The number of hydrogen-bond donors (Lipinski definition) is 0. The molecule has 4 heteroatoms. The summed E-state index contributed by atoms with van der Waals surface area (Å²) in [6, 6.07) is 16.7. The molecule has 0 saturated heterocycles. The summed E-state index contributed by atoms with van der Waals surface area (Å²) in [6.07, 6.45) is 9.70. The molecule has 0 N–H and O–H groups in total. The molecule has 0 spiro atoms. The lowest BCUT2D eigenvalue weighted by Crippen LogP contribution is -1.97. The van der Waals surface area contributed by atoms with Crippen LogP contribution in [0.3, 0.4) is 0 Å². The summed E-state index contributed by atoms with van der Waals surface area (Å²) in [7, 11) is 2.86. The van der Waals surface area contributed by atoms with Gasteiger partial charge in [-0.05, 0) is 41.8 Å². The molecule has 3 nitrogen and oxygen atoms in total. The maximum Gasteiger partial charge on any atom is 0.118 e. The molecule has 0 aromatic heterocycles. The highest BCUT2D eigenvalue weighted by atomic mass is 31.1. The molecule has 0 bridgehead atoms.